The first-order valence-electron chi connectivity index (χ1n) is 11.4. The van der Waals surface area contributed by atoms with E-state index in [1.807, 2.05) is 32.9 Å². The number of benzene rings is 2. The van der Waals surface area contributed by atoms with E-state index in [9.17, 15) is 14.9 Å². The molecule has 0 aliphatic heterocycles. The van der Waals surface area contributed by atoms with E-state index in [-0.39, 0.29) is 28.4 Å². The van der Waals surface area contributed by atoms with E-state index in [0.717, 1.165) is 0 Å². The number of amides is 2. The van der Waals surface area contributed by atoms with Crippen LogP contribution < -0.4 is 15.4 Å². The molecule has 5 rings (SSSR count). The molecule has 0 aliphatic carbocycles. The van der Waals surface area contributed by atoms with E-state index in [0.29, 0.717) is 33.8 Å². The number of nitro benzene ring substituents is 1. The number of carbonyl (C=O) groups excluding carboxylic acids is 1. The molecule has 0 atom stereocenters. The molecule has 0 aliphatic rings. The largest absolute Gasteiger partial charge is 0.456 e. The van der Waals surface area contributed by atoms with Crippen LogP contribution in [0.5, 0.6) is 11.5 Å². The molecule has 13 nitrogen and oxygen atoms in total. The zero-order valence-electron chi connectivity index (χ0n) is 20.6. The minimum atomic E-state index is -0.714. The number of aromatic nitrogens is 5. The number of nitrogens with zero attached hydrogens (tertiary/aromatic N) is 5. The number of ether oxygens (including phenoxy) is 1. The van der Waals surface area contributed by atoms with Crippen LogP contribution >= 0.6 is 0 Å². The molecule has 0 saturated heterocycles. The predicted molar refractivity (Wildman–Crippen MR) is 138 cm³/mol. The Kier molecular flexibility index (Phi) is 6.16. The van der Waals surface area contributed by atoms with Crippen LogP contribution in [0.4, 0.5) is 22.0 Å². The average molecular weight is 515 g/mol. The van der Waals surface area contributed by atoms with E-state index in [4.69, 9.17) is 9.26 Å². The Bertz CT molecular complexity index is 1650. The molecule has 13 heteroatoms. The highest BCUT2D eigenvalue weighted by Gasteiger charge is 2.22. The van der Waals surface area contributed by atoms with Gasteiger partial charge >= 0.3 is 6.03 Å². The molecule has 0 saturated carbocycles. The normalized spacial score (nSPS) is 11.3. The van der Waals surface area contributed by atoms with Gasteiger partial charge in [-0.2, -0.15) is 5.10 Å². The quantitative estimate of drug-likeness (QED) is 0.191. The summed E-state index contributed by atoms with van der Waals surface area (Å²) in [6.45, 7) is 5.82. The summed E-state index contributed by atoms with van der Waals surface area (Å²) >= 11 is 0. The van der Waals surface area contributed by atoms with Gasteiger partial charge in [-0.15, -0.1) is 0 Å². The van der Waals surface area contributed by atoms with Crippen LogP contribution in [0.15, 0.2) is 65.6 Å². The SMILES string of the molecule is CC(C)(C)c1cc(NC(=O)Nc2ccc(Oc3ccccc3-c3ncnc4[nH]ncc34)cc2[N+](=O)[O-])no1. The smallest absolute Gasteiger partial charge is 0.325 e. The summed E-state index contributed by atoms with van der Waals surface area (Å²) in [6.07, 6.45) is 3.02. The molecular weight excluding hydrogens is 492 g/mol. The van der Waals surface area contributed by atoms with Gasteiger partial charge in [-0.1, -0.05) is 38.1 Å². The molecule has 3 aromatic heterocycles. The van der Waals surface area contributed by atoms with Crippen molar-refractivity contribution in [3.63, 3.8) is 0 Å². The van der Waals surface area contributed by atoms with Crippen molar-refractivity contribution in [3.05, 3.63) is 76.9 Å². The summed E-state index contributed by atoms with van der Waals surface area (Å²) in [5.74, 6) is 1.38. The number of anilines is 2. The highest BCUT2D eigenvalue weighted by Crippen LogP contribution is 2.37. The van der Waals surface area contributed by atoms with Gasteiger partial charge in [0.15, 0.2) is 11.5 Å². The number of nitrogens with one attached hydrogen (secondary N) is 3. The summed E-state index contributed by atoms with van der Waals surface area (Å²) < 4.78 is 11.3. The number of fused-ring (bicyclic) bond motifs is 1. The van der Waals surface area contributed by atoms with Gasteiger partial charge in [-0.25, -0.2) is 14.8 Å². The van der Waals surface area contributed by atoms with Crippen LogP contribution in [0.25, 0.3) is 22.3 Å². The van der Waals surface area contributed by atoms with E-state index in [1.54, 1.807) is 24.4 Å². The molecule has 192 valence electrons. The number of hydrogen-bond acceptors (Lipinski definition) is 9. The lowest BCUT2D eigenvalue weighted by atomic mass is 9.93. The highest BCUT2D eigenvalue weighted by atomic mass is 16.6. The van der Waals surface area contributed by atoms with Gasteiger partial charge in [0, 0.05) is 17.0 Å². The molecule has 5 aromatic rings. The van der Waals surface area contributed by atoms with Crippen molar-refractivity contribution >= 4 is 34.3 Å². The van der Waals surface area contributed by atoms with Gasteiger partial charge in [-0.05, 0) is 24.3 Å². The van der Waals surface area contributed by atoms with Crippen molar-refractivity contribution in [1.29, 1.82) is 0 Å². The van der Waals surface area contributed by atoms with Gasteiger partial charge in [0.2, 0.25) is 0 Å². The van der Waals surface area contributed by atoms with Gasteiger partial charge in [-0.3, -0.25) is 20.5 Å². The summed E-state index contributed by atoms with van der Waals surface area (Å²) in [6, 6.07) is 12.1. The van der Waals surface area contributed by atoms with Crippen LogP contribution in [0.3, 0.4) is 0 Å². The molecule has 0 fully saturated rings. The molecule has 0 unspecified atom stereocenters. The fourth-order valence-corrected chi connectivity index (χ4v) is 3.65. The number of urea groups is 1. The van der Waals surface area contributed by atoms with Crippen molar-refractivity contribution in [3.8, 4) is 22.8 Å². The third-order valence-electron chi connectivity index (χ3n) is 5.52. The highest BCUT2D eigenvalue weighted by molar-refractivity contribution is 6.00. The third kappa shape index (κ3) is 4.97. The van der Waals surface area contributed by atoms with Gasteiger partial charge in [0.05, 0.1) is 28.3 Å². The van der Waals surface area contributed by atoms with Crippen molar-refractivity contribution in [2.75, 3.05) is 10.6 Å². The molecular formula is C25H22N8O5. The molecule has 38 heavy (non-hydrogen) atoms. The Morgan fingerprint density at radius 3 is 2.68 bits per heavy atom. The Hall–Kier alpha value is -5.33. The molecule has 3 heterocycles. The zero-order valence-corrected chi connectivity index (χ0v) is 20.6. The number of hydrogen-bond donors (Lipinski definition) is 3. The van der Waals surface area contributed by atoms with E-state index < -0.39 is 11.0 Å². The van der Waals surface area contributed by atoms with Crippen molar-refractivity contribution in [1.82, 2.24) is 25.3 Å². The molecule has 3 N–H and O–H groups in total. The second-order valence-electron chi connectivity index (χ2n) is 9.29. The lowest BCUT2D eigenvalue weighted by Gasteiger charge is -2.12. The fourth-order valence-electron chi connectivity index (χ4n) is 3.65. The lowest BCUT2D eigenvalue weighted by Crippen LogP contribution is -2.20. The minimum Gasteiger partial charge on any atom is -0.456 e. The summed E-state index contributed by atoms with van der Waals surface area (Å²) in [4.78, 5) is 32.2. The number of rotatable bonds is 6. The number of nitro groups is 1. The second-order valence-corrected chi connectivity index (χ2v) is 9.29. The number of para-hydroxylation sites is 1. The van der Waals surface area contributed by atoms with Crippen LogP contribution in [-0.2, 0) is 5.41 Å². The lowest BCUT2D eigenvalue weighted by molar-refractivity contribution is -0.384. The molecule has 0 bridgehead atoms. The minimum absolute atomic E-state index is 0.0245. The Balaban J connectivity index is 1.38. The monoisotopic (exact) mass is 514 g/mol. The van der Waals surface area contributed by atoms with Crippen molar-refractivity contribution in [2.45, 2.75) is 26.2 Å². The summed E-state index contributed by atoms with van der Waals surface area (Å²) in [5, 5.41) is 28.1. The van der Waals surface area contributed by atoms with Gasteiger partial charge < -0.3 is 14.6 Å². The first-order chi connectivity index (χ1) is 18.2. The van der Waals surface area contributed by atoms with Crippen LogP contribution in [0, 0.1) is 10.1 Å². The number of carbonyl (C=O) groups is 1. The summed E-state index contributed by atoms with van der Waals surface area (Å²) in [7, 11) is 0. The first-order valence-corrected chi connectivity index (χ1v) is 11.4. The molecule has 2 aromatic carbocycles. The van der Waals surface area contributed by atoms with E-state index >= 15 is 0 Å². The molecule has 2 amide bonds. The number of aromatic amines is 1. The van der Waals surface area contributed by atoms with Gasteiger partial charge in [0.1, 0.15) is 29.3 Å². The Morgan fingerprint density at radius 2 is 1.92 bits per heavy atom. The number of H-pyrrole nitrogens is 1. The topological polar surface area (TPSA) is 174 Å². The maximum absolute atomic E-state index is 12.5. The third-order valence-corrected chi connectivity index (χ3v) is 5.52. The van der Waals surface area contributed by atoms with E-state index in [1.165, 1.54) is 24.5 Å². The maximum Gasteiger partial charge on any atom is 0.325 e. The fraction of sp³-hybridized carbons (Fsp3) is 0.160. The standard InChI is InChI=1S/C25H22N8O5/c1-25(2,3)20-11-21(32-38-20)30-24(34)29-17-9-8-14(10-18(17)33(35)36)37-19-7-5-4-6-15(19)22-16-12-28-31-23(16)27-13-26-22/h4-13H,1-3H3,(H,26,27,28,31)(H2,29,30,32,34). The molecule has 0 radical (unpaired) electrons. The van der Waals surface area contributed by atoms with Crippen molar-refractivity contribution in [2.24, 2.45) is 0 Å². The van der Waals surface area contributed by atoms with Crippen LogP contribution in [0.2, 0.25) is 0 Å². The van der Waals surface area contributed by atoms with Crippen molar-refractivity contribution < 1.29 is 19.0 Å². The zero-order chi connectivity index (χ0) is 26.9. The predicted octanol–water partition coefficient (Wildman–Crippen LogP) is 5.65. The first kappa shape index (κ1) is 24.4. The summed E-state index contributed by atoms with van der Waals surface area (Å²) in [5.41, 5.74) is 1.12. The molecule has 0 spiro atoms. The second kappa shape index (κ2) is 9.61. The van der Waals surface area contributed by atoms with Crippen LogP contribution in [-0.4, -0.2) is 36.3 Å². The Morgan fingerprint density at radius 1 is 1.11 bits per heavy atom. The van der Waals surface area contributed by atoms with Gasteiger partial charge in [0.25, 0.3) is 5.69 Å². The maximum atomic E-state index is 12.5. The van der Waals surface area contributed by atoms with Crippen LogP contribution in [0.1, 0.15) is 26.5 Å². The average Bonchev–Trinajstić information content (AvgIpc) is 3.55. The Labute approximate surface area is 215 Å². The van der Waals surface area contributed by atoms with E-state index in [2.05, 4.69) is 36.0 Å².